The third kappa shape index (κ3) is 4.17. The number of nitrogens with zero attached hydrogens (tertiary/aromatic N) is 1. The van der Waals surface area contributed by atoms with Crippen LogP contribution in [0.5, 0.6) is 11.5 Å². The van der Waals surface area contributed by atoms with Crippen molar-refractivity contribution in [2.45, 2.75) is 26.4 Å². The van der Waals surface area contributed by atoms with Crippen molar-refractivity contribution in [2.24, 2.45) is 0 Å². The minimum absolute atomic E-state index is 0.130. The average molecular weight is 389 g/mol. The number of halogens is 1. The molecule has 142 valence electrons. The zero-order valence-electron chi connectivity index (χ0n) is 15.2. The zero-order chi connectivity index (χ0) is 19.4. The van der Waals surface area contributed by atoms with Crippen LogP contribution >= 0.6 is 11.6 Å². The molecule has 1 unspecified atom stereocenters. The molecule has 1 aliphatic heterocycles. The summed E-state index contributed by atoms with van der Waals surface area (Å²) in [7, 11) is 0. The fourth-order valence-corrected chi connectivity index (χ4v) is 3.14. The van der Waals surface area contributed by atoms with E-state index >= 15 is 0 Å². The largest absolute Gasteiger partial charge is 0.490 e. The lowest BCUT2D eigenvalue weighted by Crippen LogP contribution is -2.45. The summed E-state index contributed by atoms with van der Waals surface area (Å²) >= 11 is 6.14. The Morgan fingerprint density at radius 2 is 2.04 bits per heavy atom. The molecule has 0 bridgehead atoms. The van der Waals surface area contributed by atoms with Crippen LogP contribution in [0.15, 0.2) is 42.5 Å². The quantitative estimate of drug-likeness (QED) is 0.815. The number of hydrogen-bond donors (Lipinski definition) is 1. The molecule has 2 amide bonds. The van der Waals surface area contributed by atoms with Crippen molar-refractivity contribution in [3.05, 3.63) is 47.5 Å². The van der Waals surface area contributed by atoms with Crippen molar-refractivity contribution in [3.63, 3.8) is 0 Å². The maximum atomic E-state index is 12.5. The van der Waals surface area contributed by atoms with Gasteiger partial charge in [0.15, 0.2) is 11.9 Å². The van der Waals surface area contributed by atoms with Crippen LogP contribution < -0.4 is 19.7 Å². The van der Waals surface area contributed by atoms with E-state index in [2.05, 4.69) is 5.32 Å². The van der Waals surface area contributed by atoms with E-state index in [-0.39, 0.29) is 24.8 Å². The number of nitrogens with one attached hydrogen (secondary N) is 1. The topological polar surface area (TPSA) is 67.9 Å². The van der Waals surface area contributed by atoms with Crippen molar-refractivity contribution in [3.8, 4) is 11.5 Å². The van der Waals surface area contributed by atoms with Gasteiger partial charge in [-0.2, -0.15) is 0 Å². The van der Waals surface area contributed by atoms with E-state index in [9.17, 15) is 9.59 Å². The van der Waals surface area contributed by atoms with Gasteiger partial charge >= 0.3 is 0 Å². The molecule has 6 nitrogen and oxygen atoms in total. The van der Waals surface area contributed by atoms with E-state index < -0.39 is 6.10 Å². The Bertz CT molecular complexity index is 856. The molecule has 0 aromatic heterocycles. The predicted molar refractivity (Wildman–Crippen MR) is 105 cm³/mol. The van der Waals surface area contributed by atoms with Crippen LogP contribution in [0.25, 0.3) is 0 Å². The number of carbonyl (C=O) groups excluding carboxylic acids is 2. The van der Waals surface area contributed by atoms with Crippen molar-refractivity contribution < 1.29 is 19.1 Å². The van der Waals surface area contributed by atoms with Gasteiger partial charge in [-0.1, -0.05) is 29.8 Å². The third-order valence-electron chi connectivity index (χ3n) is 4.17. The first-order valence-corrected chi connectivity index (χ1v) is 9.17. The van der Waals surface area contributed by atoms with Crippen LogP contribution in [0.2, 0.25) is 5.02 Å². The lowest BCUT2D eigenvalue weighted by atomic mass is 10.1. The van der Waals surface area contributed by atoms with Crippen LogP contribution in [-0.4, -0.2) is 31.1 Å². The standard InChI is InChI=1S/C20H21ClN2O4/c1-3-26-19-14(21)7-6-8-15(19)22-18(24)11-12-23-16-9-4-5-10-17(16)27-13(2)20(23)25/h4-10,13H,3,11-12H2,1-2H3,(H,22,24). The summed E-state index contributed by atoms with van der Waals surface area (Å²) in [6.07, 6.45) is -0.453. The van der Waals surface area contributed by atoms with Gasteiger partial charge in [0.05, 0.1) is 23.0 Å². The molecule has 1 aliphatic rings. The third-order valence-corrected chi connectivity index (χ3v) is 4.46. The van der Waals surface area contributed by atoms with Crippen molar-refractivity contribution in [1.29, 1.82) is 0 Å². The molecule has 0 radical (unpaired) electrons. The van der Waals surface area contributed by atoms with Crippen LogP contribution in [0.3, 0.4) is 0 Å². The molecule has 2 aromatic rings. The monoisotopic (exact) mass is 388 g/mol. The Morgan fingerprint density at radius 3 is 2.81 bits per heavy atom. The molecule has 0 fully saturated rings. The zero-order valence-corrected chi connectivity index (χ0v) is 16.0. The number of fused-ring (bicyclic) bond motifs is 1. The maximum absolute atomic E-state index is 12.5. The second-order valence-corrected chi connectivity index (χ2v) is 6.47. The van der Waals surface area contributed by atoms with E-state index in [1.807, 2.05) is 25.1 Å². The maximum Gasteiger partial charge on any atom is 0.267 e. The van der Waals surface area contributed by atoms with Gasteiger partial charge < -0.3 is 19.7 Å². The first kappa shape index (κ1) is 19.0. The lowest BCUT2D eigenvalue weighted by Gasteiger charge is -2.32. The van der Waals surface area contributed by atoms with Crippen molar-refractivity contribution >= 4 is 34.8 Å². The second kappa shape index (κ2) is 8.31. The molecule has 1 heterocycles. The molecule has 0 spiro atoms. The predicted octanol–water partition coefficient (Wildman–Crippen LogP) is 3.88. The average Bonchev–Trinajstić information content (AvgIpc) is 2.65. The summed E-state index contributed by atoms with van der Waals surface area (Å²) in [5.41, 5.74) is 1.18. The number of hydrogen-bond acceptors (Lipinski definition) is 4. The summed E-state index contributed by atoms with van der Waals surface area (Å²) in [4.78, 5) is 26.5. The Balaban J connectivity index is 1.70. The van der Waals surface area contributed by atoms with Crippen molar-refractivity contribution in [2.75, 3.05) is 23.4 Å². The summed E-state index contributed by atoms with van der Waals surface area (Å²) in [5, 5.41) is 3.24. The van der Waals surface area contributed by atoms with Gasteiger partial charge in [-0.05, 0) is 38.1 Å². The highest BCUT2D eigenvalue weighted by molar-refractivity contribution is 6.32. The van der Waals surface area contributed by atoms with Gasteiger partial charge in [0.1, 0.15) is 5.75 Å². The molecule has 1 atom stereocenters. The number of ether oxygens (including phenoxy) is 2. The highest BCUT2D eigenvalue weighted by atomic mass is 35.5. The summed E-state index contributed by atoms with van der Waals surface area (Å²) in [5.74, 6) is 0.678. The Labute approximate surface area is 163 Å². The molecule has 0 aliphatic carbocycles. The molecule has 2 aromatic carbocycles. The summed E-state index contributed by atoms with van der Waals surface area (Å²) < 4.78 is 11.1. The first-order chi connectivity index (χ1) is 13.0. The smallest absolute Gasteiger partial charge is 0.267 e. The minimum Gasteiger partial charge on any atom is -0.490 e. The fraction of sp³-hybridized carbons (Fsp3) is 0.300. The second-order valence-electron chi connectivity index (χ2n) is 6.07. The molecule has 3 rings (SSSR count). The SMILES string of the molecule is CCOc1c(Cl)cccc1NC(=O)CCN1C(=O)C(C)Oc2ccccc21. The molecular weight excluding hydrogens is 368 g/mol. The summed E-state index contributed by atoms with van der Waals surface area (Å²) in [6, 6.07) is 12.5. The molecule has 1 N–H and O–H groups in total. The van der Waals surface area contributed by atoms with Gasteiger partial charge in [0, 0.05) is 13.0 Å². The number of benzene rings is 2. The van der Waals surface area contributed by atoms with Gasteiger partial charge in [-0.3, -0.25) is 9.59 Å². The van der Waals surface area contributed by atoms with E-state index in [1.165, 1.54) is 0 Å². The van der Waals surface area contributed by atoms with Gasteiger partial charge in [0.2, 0.25) is 5.91 Å². The van der Waals surface area contributed by atoms with E-state index in [1.54, 1.807) is 36.1 Å². The van der Waals surface area contributed by atoms with Crippen LogP contribution in [0.1, 0.15) is 20.3 Å². The van der Waals surface area contributed by atoms with Gasteiger partial charge in [-0.15, -0.1) is 0 Å². The number of rotatable bonds is 6. The highest BCUT2D eigenvalue weighted by Crippen LogP contribution is 2.34. The Morgan fingerprint density at radius 1 is 1.26 bits per heavy atom. The number of para-hydroxylation sites is 3. The molecule has 7 heteroatoms. The van der Waals surface area contributed by atoms with E-state index in [0.717, 1.165) is 0 Å². The molecule has 27 heavy (non-hydrogen) atoms. The fourth-order valence-electron chi connectivity index (χ4n) is 2.91. The molecule has 0 saturated heterocycles. The van der Waals surface area contributed by atoms with Crippen LogP contribution in [0, 0.1) is 0 Å². The highest BCUT2D eigenvalue weighted by Gasteiger charge is 2.31. The van der Waals surface area contributed by atoms with E-state index in [0.29, 0.717) is 34.5 Å². The van der Waals surface area contributed by atoms with Gasteiger partial charge in [0.25, 0.3) is 5.91 Å². The summed E-state index contributed by atoms with van der Waals surface area (Å²) in [6.45, 7) is 4.23. The van der Waals surface area contributed by atoms with E-state index in [4.69, 9.17) is 21.1 Å². The van der Waals surface area contributed by atoms with Crippen molar-refractivity contribution in [1.82, 2.24) is 0 Å². The Kier molecular flexibility index (Phi) is 5.86. The number of carbonyl (C=O) groups is 2. The normalized spacial score (nSPS) is 15.7. The number of amides is 2. The Hall–Kier alpha value is -2.73. The van der Waals surface area contributed by atoms with Crippen LogP contribution in [0.4, 0.5) is 11.4 Å². The van der Waals surface area contributed by atoms with Crippen LogP contribution in [-0.2, 0) is 9.59 Å². The minimum atomic E-state index is -0.583. The number of anilines is 2. The molecular formula is C20H21ClN2O4. The van der Waals surface area contributed by atoms with Gasteiger partial charge in [-0.25, -0.2) is 0 Å². The molecule has 0 saturated carbocycles. The first-order valence-electron chi connectivity index (χ1n) is 8.79. The lowest BCUT2D eigenvalue weighted by molar-refractivity contribution is -0.125.